The maximum atomic E-state index is 9.08. The fourth-order valence-corrected chi connectivity index (χ4v) is 2.91. The van der Waals surface area contributed by atoms with Crippen molar-refractivity contribution in [3.8, 4) is 0 Å². The van der Waals surface area contributed by atoms with Gasteiger partial charge in [-0.2, -0.15) is 0 Å². The van der Waals surface area contributed by atoms with Crippen molar-refractivity contribution in [3.05, 3.63) is 0 Å². The molecule has 0 N–H and O–H groups in total. The van der Waals surface area contributed by atoms with Crippen LogP contribution >= 0.6 is 0 Å². The maximum Gasteiger partial charge on any atom is 0.0916 e. The summed E-state index contributed by atoms with van der Waals surface area (Å²) in [5, 5.41) is 0. The van der Waals surface area contributed by atoms with Gasteiger partial charge in [-0.1, -0.05) is 26.7 Å². The van der Waals surface area contributed by atoms with E-state index in [-0.39, 0.29) is 0 Å². The van der Waals surface area contributed by atoms with E-state index in [1.165, 1.54) is 75.6 Å². The molecule has 1 fully saturated rings. The van der Waals surface area contributed by atoms with Crippen LogP contribution in [0.4, 0.5) is 0 Å². The molecule has 1 aliphatic rings. The fraction of sp³-hybridized carbons (Fsp3) is 1.00. The van der Waals surface area contributed by atoms with Crippen LogP contribution in [0.2, 0.25) is 0 Å². The lowest BCUT2D eigenvalue weighted by atomic mass is 10.2. The highest BCUT2D eigenvalue weighted by atomic mass is 32.2. The van der Waals surface area contributed by atoms with E-state index in [9.17, 15) is 0 Å². The normalized spacial score (nSPS) is 17.9. The van der Waals surface area contributed by atoms with Crippen LogP contribution in [0.1, 0.15) is 58.8 Å². The highest BCUT2D eigenvalue weighted by Gasteiger charge is 2.29. The van der Waals surface area contributed by atoms with Gasteiger partial charge in [-0.15, -0.1) is 0 Å². The first-order valence-corrected chi connectivity index (χ1v) is 9.40. The molecule has 1 saturated heterocycles. The second-order valence-electron chi connectivity index (χ2n) is 5.71. The molecule has 0 aliphatic carbocycles. The molecule has 1 heterocycles. The number of rotatable bonds is 7. The summed E-state index contributed by atoms with van der Waals surface area (Å²) >= 11 is 0. The van der Waals surface area contributed by atoms with Crippen LogP contribution in [0.5, 0.6) is 0 Å². The van der Waals surface area contributed by atoms with E-state index in [2.05, 4.69) is 13.8 Å². The molecule has 4 nitrogen and oxygen atoms in total. The molecule has 0 spiro atoms. The predicted octanol–water partition coefficient (Wildman–Crippen LogP) is 2.75. The monoisotopic (exact) mass is 293 g/mol. The minimum absolute atomic E-state index is 0.604. The van der Waals surface area contributed by atoms with Crippen LogP contribution in [-0.4, -0.2) is 49.9 Å². The molecule has 0 aromatic carbocycles. The van der Waals surface area contributed by atoms with Gasteiger partial charge in [0.05, 0.1) is 36.3 Å². The number of hydrogen-bond acceptors (Lipinski definition) is 3. The van der Waals surface area contributed by atoms with E-state index in [1.54, 1.807) is 0 Å². The Morgan fingerprint density at radius 3 is 1.89 bits per heavy atom. The average Bonchev–Trinajstić information content (AvgIpc) is 2.72. The SMILES string of the molecule is CCCCCC[N+]1(CCC)CCCC1.CS(=O)(=O)[O-]. The molecule has 0 radical (unpaired) electrons. The summed E-state index contributed by atoms with van der Waals surface area (Å²) in [6.45, 7) is 10.5. The average molecular weight is 293 g/mol. The van der Waals surface area contributed by atoms with Crippen molar-refractivity contribution in [1.82, 2.24) is 0 Å². The van der Waals surface area contributed by atoms with Crippen LogP contribution in [-0.2, 0) is 10.1 Å². The summed E-state index contributed by atoms with van der Waals surface area (Å²) in [7, 11) is -3.92. The van der Waals surface area contributed by atoms with E-state index in [1.807, 2.05) is 0 Å². The largest absolute Gasteiger partial charge is 0.748 e. The molecule has 5 heteroatoms. The molecule has 1 aliphatic heterocycles. The summed E-state index contributed by atoms with van der Waals surface area (Å²) in [6.07, 6.45) is 10.7. The van der Waals surface area contributed by atoms with Crippen molar-refractivity contribution in [2.75, 3.05) is 32.4 Å². The summed E-state index contributed by atoms with van der Waals surface area (Å²) in [4.78, 5) is 0. The van der Waals surface area contributed by atoms with Crippen LogP contribution in [0, 0.1) is 0 Å². The second-order valence-corrected chi connectivity index (χ2v) is 7.12. The highest BCUT2D eigenvalue weighted by Crippen LogP contribution is 2.21. The van der Waals surface area contributed by atoms with Crippen molar-refractivity contribution in [2.45, 2.75) is 58.8 Å². The Bertz CT molecular complexity index is 301. The molecule has 0 atom stereocenters. The Balaban J connectivity index is 0.000000555. The third-order valence-corrected chi connectivity index (χ3v) is 3.70. The van der Waals surface area contributed by atoms with Gasteiger partial charge in [-0.3, -0.25) is 0 Å². The van der Waals surface area contributed by atoms with Crippen molar-refractivity contribution in [3.63, 3.8) is 0 Å². The van der Waals surface area contributed by atoms with Gasteiger partial charge >= 0.3 is 0 Å². The zero-order valence-corrected chi connectivity index (χ0v) is 13.7. The van der Waals surface area contributed by atoms with Crippen molar-refractivity contribution in [1.29, 1.82) is 0 Å². The summed E-state index contributed by atoms with van der Waals surface area (Å²) in [5.41, 5.74) is 0. The second kappa shape index (κ2) is 9.72. The predicted molar refractivity (Wildman–Crippen MR) is 79.0 cm³/mol. The Labute approximate surface area is 119 Å². The number of likely N-dealkylation sites (tertiary alicyclic amines) is 1. The molecule has 0 saturated carbocycles. The van der Waals surface area contributed by atoms with Gasteiger partial charge in [0.25, 0.3) is 0 Å². The topological polar surface area (TPSA) is 57.2 Å². The van der Waals surface area contributed by atoms with Gasteiger partial charge in [0, 0.05) is 19.1 Å². The molecule has 0 unspecified atom stereocenters. The summed E-state index contributed by atoms with van der Waals surface area (Å²) < 4.78 is 28.7. The Hall–Kier alpha value is -0.130. The van der Waals surface area contributed by atoms with Gasteiger partial charge in [-0.25, -0.2) is 8.42 Å². The molecular weight excluding hydrogens is 262 g/mol. The molecular formula is C14H31NO3S. The lowest BCUT2D eigenvalue weighted by Gasteiger charge is -2.34. The quantitative estimate of drug-likeness (QED) is 0.412. The van der Waals surface area contributed by atoms with Crippen LogP contribution in [0.15, 0.2) is 0 Å². The van der Waals surface area contributed by atoms with E-state index < -0.39 is 10.1 Å². The summed E-state index contributed by atoms with van der Waals surface area (Å²) in [6, 6.07) is 0. The number of unbranched alkanes of at least 4 members (excludes halogenated alkanes) is 3. The minimum Gasteiger partial charge on any atom is -0.748 e. The zero-order valence-electron chi connectivity index (χ0n) is 12.9. The van der Waals surface area contributed by atoms with Gasteiger partial charge in [0.1, 0.15) is 0 Å². The number of nitrogens with zero attached hydrogens (tertiary/aromatic N) is 1. The molecule has 0 aromatic rings. The van der Waals surface area contributed by atoms with Crippen LogP contribution < -0.4 is 0 Å². The lowest BCUT2D eigenvalue weighted by Crippen LogP contribution is -2.46. The van der Waals surface area contributed by atoms with E-state index in [4.69, 9.17) is 13.0 Å². The Morgan fingerprint density at radius 2 is 1.47 bits per heavy atom. The molecule has 116 valence electrons. The maximum absolute atomic E-state index is 9.08. The first-order valence-electron chi connectivity index (χ1n) is 7.59. The van der Waals surface area contributed by atoms with E-state index in [0.717, 1.165) is 0 Å². The lowest BCUT2D eigenvalue weighted by molar-refractivity contribution is -0.917. The van der Waals surface area contributed by atoms with Gasteiger partial charge in [-0.05, 0) is 19.3 Å². The number of quaternary nitrogens is 1. The van der Waals surface area contributed by atoms with Gasteiger partial charge < -0.3 is 9.04 Å². The Kier molecular flexibility index (Phi) is 9.66. The third-order valence-electron chi connectivity index (χ3n) is 3.70. The highest BCUT2D eigenvalue weighted by molar-refractivity contribution is 7.84. The van der Waals surface area contributed by atoms with Crippen LogP contribution in [0.3, 0.4) is 0 Å². The first kappa shape index (κ1) is 18.9. The Morgan fingerprint density at radius 1 is 0.947 bits per heavy atom. The van der Waals surface area contributed by atoms with Crippen molar-refractivity contribution >= 4 is 10.1 Å². The van der Waals surface area contributed by atoms with Crippen molar-refractivity contribution in [2.24, 2.45) is 0 Å². The van der Waals surface area contributed by atoms with Crippen LogP contribution in [0.25, 0.3) is 0 Å². The molecule has 0 aromatic heterocycles. The minimum atomic E-state index is -3.92. The molecule has 19 heavy (non-hydrogen) atoms. The number of hydrogen-bond donors (Lipinski definition) is 0. The zero-order chi connectivity index (χ0) is 14.8. The standard InChI is InChI=1S/C13H28N.CH4O3S/c1-3-5-6-7-11-14(10-4-2)12-8-9-13-14;1-5(2,3)4/h3-13H2,1-2H3;1H3,(H,2,3,4)/q+1;/p-1. The van der Waals surface area contributed by atoms with Crippen molar-refractivity contribution < 1.29 is 17.5 Å². The molecule has 0 bridgehead atoms. The smallest absolute Gasteiger partial charge is 0.0916 e. The van der Waals surface area contributed by atoms with E-state index in [0.29, 0.717) is 6.26 Å². The van der Waals surface area contributed by atoms with E-state index >= 15 is 0 Å². The fourth-order valence-electron chi connectivity index (χ4n) is 2.91. The third kappa shape index (κ3) is 11.4. The van der Waals surface area contributed by atoms with Gasteiger partial charge in [0.15, 0.2) is 0 Å². The van der Waals surface area contributed by atoms with Gasteiger partial charge in [0.2, 0.25) is 0 Å². The first-order chi connectivity index (χ1) is 8.83. The summed E-state index contributed by atoms with van der Waals surface area (Å²) in [5.74, 6) is 0. The molecule has 0 amide bonds. The molecule has 1 rings (SSSR count).